The van der Waals surface area contributed by atoms with E-state index >= 15 is 0 Å². The number of aliphatic hydroxyl groups is 1. The summed E-state index contributed by atoms with van der Waals surface area (Å²) in [7, 11) is 3.55. The summed E-state index contributed by atoms with van der Waals surface area (Å²) in [6.07, 6.45) is 3.97. The van der Waals surface area contributed by atoms with Crippen LogP contribution in [0.5, 0.6) is 11.5 Å². The van der Waals surface area contributed by atoms with Gasteiger partial charge in [0.25, 0.3) is 0 Å². The molecular weight excluding hydrogens is 266 g/mol. The van der Waals surface area contributed by atoms with Crippen LogP contribution >= 0.6 is 0 Å². The standard InChI is InChI=1S/C17H27NO3/c1-13-6-8-17(20,9-7-13)12-18(2)11-14-4-5-16(21-3)15(19)10-14/h4-5,10,13,19-20H,6-9,11-12H2,1-3H3. The molecule has 0 aromatic heterocycles. The normalized spacial score (nSPS) is 26.0. The monoisotopic (exact) mass is 293 g/mol. The predicted octanol–water partition coefficient (Wildman–Crippen LogP) is 2.77. The molecule has 21 heavy (non-hydrogen) atoms. The lowest BCUT2D eigenvalue weighted by Crippen LogP contribution is -2.43. The number of aromatic hydroxyl groups is 1. The first-order valence-electron chi connectivity index (χ1n) is 7.69. The Morgan fingerprint density at radius 3 is 2.57 bits per heavy atom. The molecule has 0 unspecified atom stereocenters. The largest absolute Gasteiger partial charge is 0.504 e. The Morgan fingerprint density at radius 2 is 2.00 bits per heavy atom. The van der Waals surface area contributed by atoms with E-state index in [1.807, 2.05) is 13.1 Å². The molecule has 2 N–H and O–H groups in total. The van der Waals surface area contributed by atoms with Crippen LogP contribution in [-0.4, -0.2) is 41.4 Å². The third kappa shape index (κ3) is 4.35. The summed E-state index contributed by atoms with van der Waals surface area (Å²) in [5.74, 6) is 1.38. The molecule has 0 atom stereocenters. The number of nitrogens with zero attached hydrogens (tertiary/aromatic N) is 1. The van der Waals surface area contributed by atoms with Crippen molar-refractivity contribution in [2.45, 2.75) is 44.8 Å². The van der Waals surface area contributed by atoms with Crippen molar-refractivity contribution in [3.63, 3.8) is 0 Å². The Labute approximate surface area is 127 Å². The third-order valence-electron chi connectivity index (χ3n) is 4.46. The molecule has 1 aromatic carbocycles. The molecular formula is C17H27NO3. The quantitative estimate of drug-likeness (QED) is 0.876. The van der Waals surface area contributed by atoms with E-state index in [9.17, 15) is 10.2 Å². The minimum absolute atomic E-state index is 0.161. The van der Waals surface area contributed by atoms with Gasteiger partial charge >= 0.3 is 0 Å². The SMILES string of the molecule is COc1ccc(CN(C)CC2(O)CCC(C)CC2)cc1O. The van der Waals surface area contributed by atoms with Crippen LogP contribution in [0.15, 0.2) is 18.2 Å². The second-order valence-corrected chi connectivity index (χ2v) is 6.59. The van der Waals surface area contributed by atoms with Crippen molar-refractivity contribution < 1.29 is 14.9 Å². The van der Waals surface area contributed by atoms with Gasteiger partial charge in [-0.05, 0) is 56.3 Å². The number of rotatable bonds is 5. The van der Waals surface area contributed by atoms with Gasteiger partial charge in [-0.1, -0.05) is 13.0 Å². The molecule has 0 aliphatic heterocycles. The van der Waals surface area contributed by atoms with E-state index in [4.69, 9.17) is 4.74 Å². The lowest BCUT2D eigenvalue weighted by molar-refractivity contribution is -0.0315. The maximum atomic E-state index is 10.7. The second-order valence-electron chi connectivity index (χ2n) is 6.59. The van der Waals surface area contributed by atoms with E-state index < -0.39 is 5.60 Å². The second kappa shape index (κ2) is 6.67. The van der Waals surface area contributed by atoms with Gasteiger partial charge in [-0.15, -0.1) is 0 Å². The van der Waals surface area contributed by atoms with Gasteiger partial charge in [0.2, 0.25) is 0 Å². The van der Waals surface area contributed by atoms with Gasteiger partial charge in [-0.25, -0.2) is 0 Å². The van der Waals surface area contributed by atoms with E-state index in [0.717, 1.165) is 37.2 Å². The zero-order valence-electron chi connectivity index (χ0n) is 13.3. The molecule has 1 saturated carbocycles. The number of ether oxygens (including phenoxy) is 1. The van der Waals surface area contributed by atoms with Gasteiger partial charge in [0.1, 0.15) is 0 Å². The highest BCUT2D eigenvalue weighted by Crippen LogP contribution is 2.33. The van der Waals surface area contributed by atoms with Crippen LogP contribution in [0.3, 0.4) is 0 Å². The number of methoxy groups -OCH3 is 1. The third-order valence-corrected chi connectivity index (χ3v) is 4.46. The summed E-state index contributed by atoms with van der Waals surface area (Å²) in [4.78, 5) is 2.12. The number of hydrogen-bond donors (Lipinski definition) is 2. The van der Waals surface area contributed by atoms with Crippen LogP contribution in [0.4, 0.5) is 0 Å². The molecule has 4 heteroatoms. The summed E-state index contributed by atoms with van der Waals surface area (Å²) < 4.78 is 5.05. The maximum Gasteiger partial charge on any atom is 0.160 e. The number of hydrogen-bond acceptors (Lipinski definition) is 4. The average Bonchev–Trinajstić information content (AvgIpc) is 2.42. The van der Waals surface area contributed by atoms with Gasteiger partial charge in [-0.2, -0.15) is 0 Å². The number of phenols is 1. The predicted molar refractivity (Wildman–Crippen MR) is 83.6 cm³/mol. The molecule has 0 spiro atoms. The Kier molecular flexibility index (Phi) is 5.12. The van der Waals surface area contributed by atoms with Crippen molar-refractivity contribution in [2.75, 3.05) is 20.7 Å². The fraction of sp³-hybridized carbons (Fsp3) is 0.647. The number of phenolic OH excluding ortho intramolecular Hbond substituents is 1. The smallest absolute Gasteiger partial charge is 0.160 e. The first-order valence-corrected chi connectivity index (χ1v) is 7.69. The van der Waals surface area contributed by atoms with Gasteiger partial charge < -0.3 is 14.9 Å². The minimum Gasteiger partial charge on any atom is -0.504 e. The fourth-order valence-electron chi connectivity index (χ4n) is 3.16. The first-order chi connectivity index (χ1) is 9.92. The Balaban J connectivity index is 1.92. The highest BCUT2D eigenvalue weighted by molar-refractivity contribution is 5.41. The van der Waals surface area contributed by atoms with E-state index in [2.05, 4.69) is 11.8 Å². The highest BCUT2D eigenvalue weighted by Gasteiger charge is 2.32. The zero-order valence-corrected chi connectivity index (χ0v) is 13.3. The summed E-state index contributed by atoms with van der Waals surface area (Å²) in [6.45, 7) is 3.63. The lowest BCUT2D eigenvalue weighted by atomic mass is 9.79. The van der Waals surface area contributed by atoms with Crippen molar-refractivity contribution in [3.05, 3.63) is 23.8 Å². The number of benzene rings is 1. The lowest BCUT2D eigenvalue weighted by Gasteiger charge is -2.37. The molecule has 1 fully saturated rings. The van der Waals surface area contributed by atoms with Crippen molar-refractivity contribution in [1.82, 2.24) is 4.90 Å². The maximum absolute atomic E-state index is 10.7. The summed E-state index contributed by atoms with van der Waals surface area (Å²) >= 11 is 0. The summed E-state index contributed by atoms with van der Waals surface area (Å²) in [5, 5.41) is 20.5. The Hall–Kier alpha value is -1.26. The van der Waals surface area contributed by atoms with E-state index in [-0.39, 0.29) is 5.75 Å². The molecule has 0 saturated heterocycles. The molecule has 1 aliphatic carbocycles. The molecule has 1 aliphatic rings. The van der Waals surface area contributed by atoms with Crippen molar-refractivity contribution in [3.8, 4) is 11.5 Å². The van der Waals surface area contributed by atoms with Gasteiger partial charge in [0.05, 0.1) is 12.7 Å². The Morgan fingerprint density at radius 1 is 1.33 bits per heavy atom. The molecule has 0 amide bonds. The summed E-state index contributed by atoms with van der Waals surface area (Å²) in [5.41, 5.74) is 0.457. The van der Waals surface area contributed by atoms with Crippen LogP contribution in [0, 0.1) is 5.92 Å². The van der Waals surface area contributed by atoms with Crippen LogP contribution in [0.2, 0.25) is 0 Å². The van der Waals surface area contributed by atoms with E-state index in [1.54, 1.807) is 19.2 Å². The molecule has 0 bridgehead atoms. The van der Waals surface area contributed by atoms with Crippen LogP contribution < -0.4 is 4.74 Å². The fourth-order valence-corrected chi connectivity index (χ4v) is 3.16. The number of likely N-dealkylation sites (N-methyl/N-ethyl adjacent to an activating group) is 1. The zero-order chi connectivity index (χ0) is 15.5. The molecule has 1 aromatic rings. The highest BCUT2D eigenvalue weighted by atomic mass is 16.5. The van der Waals surface area contributed by atoms with Crippen molar-refractivity contribution in [1.29, 1.82) is 0 Å². The molecule has 118 valence electrons. The van der Waals surface area contributed by atoms with Crippen LogP contribution in [-0.2, 0) is 6.54 Å². The minimum atomic E-state index is -0.560. The Bertz CT molecular complexity index is 467. The molecule has 4 nitrogen and oxygen atoms in total. The van der Waals surface area contributed by atoms with Crippen molar-refractivity contribution in [2.24, 2.45) is 5.92 Å². The summed E-state index contributed by atoms with van der Waals surface area (Å²) in [6, 6.07) is 5.44. The first kappa shape index (κ1) is 16.1. The topological polar surface area (TPSA) is 52.9 Å². The van der Waals surface area contributed by atoms with Crippen LogP contribution in [0.25, 0.3) is 0 Å². The van der Waals surface area contributed by atoms with E-state index in [1.165, 1.54) is 0 Å². The van der Waals surface area contributed by atoms with Crippen molar-refractivity contribution >= 4 is 0 Å². The van der Waals surface area contributed by atoms with Gasteiger partial charge in [0, 0.05) is 13.1 Å². The van der Waals surface area contributed by atoms with E-state index in [0.29, 0.717) is 18.8 Å². The molecule has 0 heterocycles. The van der Waals surface area contributed by atoms with Crippen LogP contribution in [0.1, 0.15) is 38.2 Å². The average molecular weight is 293 g/mol. The van der Waals surface area contributed by atoms with Gasteiger partial charge in [-0.3, -0.25) is 4.90 Å². The molecule has 0 radical (unpaired) electrons. The van der Waals surface area contributed by atoms with Gasteiger partial charge in [0.15, 0.2) is 11.5 Å². The molecule has 2 rings (SSSR count).